The normalized spacial score (nSPS) is 9.62. The van der Waals surface area contributed by atoms with Gasteiger partial charge < -0.3 is 5.32 Å². The lowest BCUT2D eigenvalue weighted by atomic mass is 10.2. The van der Waals surface area contributed by atoms with Crippen LogP contribution in [0.5, 0.6) is 0 Å². The maximum Gasteiger partial charge on any atom is 0.262 e. The second-order valence-electron chi connectivity index (χ2n) is 2.89. The first-order valence-electron chi connectivity index (χ1n) is 4.49. The van der Waals surface area contributed by atoms with E-state index in [-0.39, 0.29) is 12.5 Å². The number of hydrogen-bond acceptors (Lipinski definition) is 3. The molecule has 0 saturated carbocycles. The van der Waals surface area contributed by atoms with Crippen molar-refractivity contribution in [3.8, 4) is 0 Å². The zero-order valence-corrected chi connectivity index (χ0v) is 10.8. The standard InChI is InChI=1S/C10H11IN2O3/c1-16-13-9(14)6-12-10(15)7-4-2-3-5-8(7)11/h2-5H,6H2,1H3,(H,12,15)(H,13,14). The fourth-order valence-electron chi connectivity index (χ4n) is 1.05. The average Bonchev–Trinajstić information content (AvgIpc) is 2.27. The predicted octanol–water partition coefficient (Wildman–Crippen LogP) is 0.699. The average molecular weight is 334 g/mol. The van der Waals surface area contributed by atoms with E-state index < -0.39 is 5.91 Å². The van der Waals surface area contributed by atoms with Crippen LogP contribution in [0.3, 0.4) is 0 Å². The fraction of sp³-hybridized carbons (Fsp3) is 0.200. The zero-order chi connectivity index (χ0) is 12.0. The van der Waals surface area contributed by atoms with Gasteiger partial charge in [-0.2, -0.15) is 0 Å². The summed E-state index contributed by atoms with van der Waals surface area (Å²) in [5.41, 5.74) is 2.66. The van der Waals surface area contributed by atoms with Crippen molar-refractivity contribution in [2.45, 2.75) is 0 Å². The molecule has 0 saturated heterocycles. The molecule has 0 aliphatic carbocycles. The van der Waals surface area contributed by atoms with Gasteiger partial charge in [-0.1, -0.05) is 12.1 Å². The Hall–Kier alpha value is -1.15. The lowest BCUT2D eigenvalue weighted by Crippen LogP contribution is -2.36. The van der Waals surface area contributed by atoms with Crippen LogP contribution in [0.4, 0.5) is 0 Å². The van der Waals surface area contributed by atoms with Gasteiger partial charge in [0.05, 0.1) is 19.2 Å². The summed E-state index contributed by atoms with van der Waals surface area (Å²) in [5, 5.41) is 2.49. The number of carbonyl (C=O) groups excluding carboxylic acids is 2. The van der Waals surface area contributed by atoms with E-state index in [1.165, 1.54) is 7.11 Å². The first kappa shape index (κ1) is 12.9. The van der Waals surface area contributed by atoms with Gasteiger partial charge in [0.25, 0.3) is 11.8 Å². The predicted molar refractivity (Wildman–Crippen MR) is 66.6 cm³/mol. The van der Waals surface area contributed by atoms with E-state index in [1.54, 1.807) is 12.1 Å². The van der Waals surface area contributed by atoms with Crippen LogP contribution in [0.2, 0.25) is 0 Å². The summed E-state index contributed by atoms with van der Waals surface area (Å²) in [7, 11) is 1.33. The van der Waals surface area contributed by atoms with Gasteiger partial charge in [0.2, 0.25) is 0 Å². The second kappa shape index (κ2) is 6.44. The number of nitrogens with one attached hydrogen (secondary N) is 2. The van der Waals surface area contributed by atoms with Gasteiger partial charge in [0, 0.05) is 3.57 Å². The second-order valence-corrected chi connectivity index (χ2v) is 4.05. The monoisotopic (exact) mass is 334 g/mol. The molecule has 0 heterocycles. The van der Waals surface area contributed by atoms with Gasteiger partial charge in [0.1, 0.15) is 0 Å². The molecule has 0 fully saturated rings. The van der Waals surface area contributed by atoms with E-state index in [0.29, 0.717) is 5.56 Å². The molecule has 1 aromatic rings. The number of rotatable bonds is 4. The summed E-state index contributed by atoms with van der Waals surface area (Å²) < 4.78 is 0.838. The quantitative estimate of drug-likeness (QED) is 0.629. The van der Waals surface area contributed by atoms with Crippen LogP contribution in [0, 0.1) is 3.57 Å². The first-order chi connectivity index (χ1) is 7.65. The lowest BCUT2D eigenvalue weighted by Gasteiger charge is -2.06. The van der Waals surface area contributed by atoms with E-state index in [0.717, 1.165) is 3.57 Å². The van der Waals surface area contributed by atoms with Crippen molar-refractivity contribution in [2.24, 2.45) is 0 Å². The Morgan fingerprint density at radius 1 is 1.38 bits per heavy atom. The SMILES string of the molecule is CONC(=O)CNC(=O)c1ccccc1I. The molecular weight excluding hydrogens is 323 g/mol. The third kappa shape index (κ3) is 3.78. The molecule has 5 nitrogen and oxygen atoms in total. The Bertz CT molecular complexity index is 395. The van der Waals surface area contributed by atoms with Crippen LogP contribution in [0.1, 0.15) is 10.4 Å². The van der Waals surface area contributed by atoms with Crippen molar-refractivity contribution >= 4 is 34.4 Å². The number of benzene rings is 1. The van der Waals surface area contributed by atoms with Crippen molar-refractivity contribution in [1.29, 1.82) is 0 Å². The van der Waals surface area contributed by atoms with Gasteiger partial charge in [0.15, 0.2) is 0 Å². The van der Waals surface area contributed by atoms with Gasteiger partial charge in [-0.15, -0.1) is 0 Å². The van der Waals surface area contributed by atoms with Gasteiger partial charge >= 0.3 is 0 Å². The van der Waals surface area contributed by atoms with E-state index in [9.17, 15) is 9.59 Å². The van der Waals surface area contributed by atoms with Crippen molar-refractivity contribution < 1.29 is 14.4 Å². The molecule has 86 valence electrons. The van der Waals surface area contributed by atoms with Crippen LogP contribution < -0.4 is 10.8 Å². The van der Waals surface area contributed by atoms with Crippen molar-refractivity contribution in [3.05, 3.63) is 33.4 Å². The molecule has 1 rings (SSSR count). The number of amides is 2. The van der Waals surface area contributed by atoms with E-state index in [2.05, 4.69) is 38.2 Å². The molecule has 0 aliphatic rings. The molecule has 0 atom stereocenters. The maximum absolute atomic E-state index is 11.6. The third-order valence-electron chi connectivity index (χ3n) is 1.74. The highest BCUT2D eigenvalue weighted by Crippen LogP contribution is 2.10. The molecule has 0 unspecified atom stereocenters. The molecule has 0 radical (unpaired) electrons. The Morgan fingerprint density at radius 3 is 2.69 bits per heavy atom. The van der Waals surface area contributed by atoms with Gasteiger partial charge in [-0.25, -0.2) is 5.48 Å². The van der Waals surface area contributed by atoms with Crippen LogP contribution in [0.15, 0.2) is 24.3 Å². The summed E-state index contributed by atoms with van der Waals surface area (Å²) in [6, 6.07) is 7.14. The minimum Gasteiger partial charge on any atom is -0.343 e. The molecule has 1 aromatic carbocycles. The molecule has 0 aliphatic heterocycles. The number of halogens is 1. The molecule has 16 heavy (non-hydrogen) atoms. The molecule has 0 bridgehead atoms. The Balaban J connectivity index is 2.54. The Morgan fingerprint density at radius 2 is 2.06 bits per heavy atom. The largest absolute Gasteiger partial charge is 0.343 e. The molecule has 2 N–H and O–H groups in total. The summed E-state index contributed by atoms with van der Waals surface area (Å²) in [6.07, 6.45) is 0. The molecule has 6 heteroatoms. The topological polar surface area (TPSA) is 67.4 Å². The van der Waals surface area contributed by atoms with Gasteiger partial charge in [-0.05, 0) is 34.7 Å². The summed E-state index contributed by atoms with van der Waals surface area (Å²) in [5.74, 6) is -0.682. The summed E-state index contributed by atoms with van der Waals surface area (Å²) in [4.78, 5) is 27.1. The number of carbonyl (C=O) groups is 2. The highest BCUT2D eigenvalue weighted by atomic mass is 127. The lowest BCUT2D eigenvalue weighted by molar-refractivity contribution is -0.130. The number of hydroxylamine groups is 1. The van der Waals surface area contributed by atoms with Crippen molar-refractivity contribution in [2.75, 3.05) is 13.7 Å². The van der Waals surface area contributed by atoms with E-state index in [1.807, 2.05) is 12.1 Å². The first-order valence-corrected chi connectivity index (χ1v) is 5.57. The van der Waals surface area contributed by atoms with Gasteiger partial charge in [-0.3, -0.25) is 14.4 Å². The minimum atomic E-state index is -0.401. The fourth-order valence-corrected chi connectivity index (χ4v) is 1.68. The van der Waals surface area contributed by atoms with Crippen LogP contribution >= 0.6 is 22.6 Å². The van der Waals surface area contributed by atoms with E-state index in [4.69, 9.17) is 0 Å². The van der Waals surface area contributed by atoms with Crippen LogP contribution in [-0.2, 0) is 9.63 Å². The van der Waals surface area contributed by atoms with Crippen molar-refractivity contribution in [3.63, 3.8) is 0 Å². The maximum atomic E-state index is 11.6. The summed E-state index contributed by atoms with van der Waals surface area (Å²) in [6.45, 7) is -0.113. The smallest absolute Gasteiger partial charge is 0.262 e. The molecular formula is C10H11IN2O3. The molecule has 0 spiro atoms. The minimum absolute atomic E-state index is 0.113. The summed E-state index contributed by atoms with van der Waals surface area (Å²) >= 11 is 2.06. The van der Waals surface area contributed by atoms with Crippen LogP contribution in [-0.4, -0.2) is 25.5 Å². The third-order valence-corrected chi connectivity index (χ3v) is 2.68. The molecule has 0 aromatic heterocycles. The van der Waals surface area contributed by atoms with Crippen LogP contribution in [0.25, 0.3) is 0 Å². The molecule has 2 amide bonds. The van der Waals surface area contributed by atoms with E-state index >= 15 is 0 Å². The Labute approximate surface area is 107 Å². The zero-order valence-electron chi connectivity index (χ0n) is 8.62. The highest BCUT2D eigenvalue weighted by molar-refractivity contribution is 14.1. The Kier molecular flexibility index (Phi) is 5.20. The highest BCUT2D eigenvalue weighted by Gasteiger charge is 2.10. The number of hydrogen-bond donors (Lipinski definition) is 2. The van der Waals surface area contributed by atoms with Crippen molar-refractivity contribution in [1.82, 2.24) is 10.8 Å².